The number of carbonyl (C=O) groups is 1. The van der Waals surface area contributed by atoms with Gasteiger partial charge >= 0.3 is 47.6 Å². The Morgan fingerprint density at radius 1 is 0.529 bits per heavy atom. The lowest BCUT2D eigenvalue weighted by molar-refractivity contribution is -0.459. The SMILES string of the molecule is CCCCCCC1CCC(C2CCC(c3ccc(C(=O)C(F)(F)C(F)(F)C(F)(F)C(F)(F)C(F)(F)C(F)(F)C(F)(F)C(F)(F)F)cc3)CC2)CC1. The largest absolute Gasteiger partial charge is 0.460 e. The number of Topliss-reactive ketones (excluding diaryl/α,β-unsaturated/α-hetero) is 1. The summed E-state index contributed by atoms with van der Waals surface area (Å²) in [5, 5.41) is 0. The molecule has 1 aromatic rings. The summed E-state index contributed by atoms with van der Waals surface area (Å²) in [5.41, 5.74) is -1.14. The second-order valence-electron chi connectivity index (χ2n) is 13.7. The molecule has 0 N–H and O–H groups in total. The Morgan fingerprint density at radius 2 is 0.941 bits per heavy atom. The normalized spacial score (nSPS) is 23.7. The highest BCUT2D eigenvalue weighted by atomic mass is 19.4. The minimum absolute atomic E-state index is 0.205. The van der Waals surface area contributed by atoms with Crippen LogP contribution < -0.4 is 0 Å². The highest BCUT2D eigenvalue weighted by Gasteiger charge is 2.95. The summed E-state index contributed by atoms with van der Waals surface area (Å²) in [4.78, 5) is 12.2. The van der Waals surface area contributed by atoms with Crippen molar-refractivity contribution in [1.82, 2.24) is 0 Å². The van der Waals surface area contributed by atoms with Crippen LogP contribution in [0, 0.1) is 17.8 Å². The maximum atomic E-state index is 14.5. The predicted octanol–water partition coefficient (Wildman–Crippen LogP) is 12.9. The van der Waals surface area contributed by atoms with Gasteiger partial charge in [-0.25, -0.2) is 0 Å². The molecule has 0 aliphatic heterocycles. The third-order valence-electron chi connectivity index (χ3n) is 10.4. The Hall–Kier alpha value is -2.30. The average molecular weight is 773 g/mol. The van der Waals surface area contributed by atoms with Crippen LogP contribution in [0.5, 0.6) is 0 Å². The molecule has 1 nitrogen and oxygen atoms in total. The first-order valence-corrected chi connectivity index (χ1v) is 16.5. The van der Waals surface area contributed by atoms with Crippen LogP contribution in [0.4, 0.5) is 74.6 Å². The monoisotopic (exact) mass is 772 g/mol. The van der Waals surface area contributed by atoms with Gasteiger partial charge < -0.3 is 0 Å². The molecule has 0 bridgehead atoms. The molecule has 3 rings (SSSR count). The maximum absolute atomic E-state index is 14.5. The number of halogens is 17. The first kappa shape index (κ1) is 43.1. The summed E-state index contributed by atoms with van der Waals surface area (Å²) in [7, 11) is 0. The van der Waals surface area contributed by atoms with E-state index in [9.17, 15) is 79.4 Å². The Morgan fingerprint density at radius 3 is 1.37 bits per heavy atom. The molecule has 0 unspecified atom stereocenters. The summed E-state index contributed by atoms with van der Waals surface area (Å²) in [5.74, 6) is -59.9. The molecule has 2 saturated carbocycles. The molecule has 0 saturated heterocycles. The zero-order chi connectivity index (χ0) is 39.1. The molecule has 0 spiro atoms. The van der Waals surface area contributed by atoms with Gasteiger partial charge in [0, 0.05) is 5.56 Å². The van der Waals surface area contributed by atoms with Crippen molar-refractivity contribution in [3.63, 3.8) is 0 Å². The molecule has 2 aliphatic rings. The minimum Gasteiger partial charge on any atom is -0.287 e. The summed E-state index contributed by atoms with van der Waals surface area (Å²) in [6, 6.07) is 2.82. The van der Waals surface area contributed by atoms with Crippen molar-refractivity contribution < 1.29 is 79.4 Å². The summed E-state index contributed by atoms with van der Waals surface area (Å²) in [6.07, 6.45) is 5.45. The van der Waals surface area contributed by atoms with E-state index in [0.29, 0.717) is 48.3 Å². The molecule has 18 heteroatoms. The molecule has 294 valence electrons. The average Bonchev–Trinajstić information content (AvgIpc) is 3.05. The van der Waals surface area contributed by atoms with E-state index in [0.717, 1.165) is 57.1 Å². The maximum Gasteiger partial charge on any atom is 0.460 e. The van der Waals surface area contributed by atoms with Crippen molar-refractivity contribution in [2.45, 2.75) is 144 Å². The van der Waals surface area contributed by atoms with Gasteiger partial charge in [-0.2, -0.15) is 74.6 Å². The van der Waals surface area contributed by atoms with E-state index >= 15 is 0 Å². The lowest BCUT2D eigenvalue weighted by Gasteiger charge is -2.42. The van der Waals surface area contributed by atoms with Crippen molar-refractivity contribution in [3.8, 4) is 0 Å². The van der Waals surface area contributed by atoms with Crippen LogP contribution in [0.2, 0.25) is 0 Å². The van der Waals surface area contributed by atoms with E-state index in [4.69, 9.17) is 0 Å². The number of carbonyl (C=O) groups excluding carboxylic acids is 1. The van der Waals surface area contributed by atoms with Gasteiger partial charge in [0.1, 0.15) is 0 Å². The van der Waals surface area contributed by atoms with E-state index < -0.39 is 59.0 Å². The van der Waals surface area contributed by atoms with E-state index in [2.05, 4.69) is 6.92 Å². The Labute approximate surface area is 282 Å². The third kappa shape index (κ3) is 7.57. The van der Waals surface area contributed by atoms with Gasteiger partial charge in [-0.15, -0.1) is 0 Å². The van der Waals surface area contributed by atoms with Gasteiger partial charge in [0.2, 0.25) is 5.78 Å². The fourth-order valence-corrected chi connectivity index (χ4v) is 7.13. The van der Waals surface area contributed by atoms with Gasteiger partial charge in [-0.3, -0.25) is 4.79 Å². The lowest BCUT2D eigenvalue weighted by atomic mass is 9.68. The van der Waals surface area contributed by atoms with Crippen LogP contribution in [0.15, 0.2) is 24.3 Å². The van der Waals surface area contributed by atoms with Crippen LogP contribution in [0.1, 0.15) is 112 Å². The lowest BCUT2D eigenvalue weighted by Crippen LogP contribution is -2.75. The van der Waals surface area contributed by atoms with Crippen LogP contribution >= 0.6 is 0 Å². The smallest absolute Gasteiger partial charge is 0.287 e. The second kappa shape index (κ2) is 14.8. The Kier molecular flexibility index (Phi) is 12.6. The molecule has 0 amide bonds. The zero-order valence-electron chi connectivity index (χ0n) is 27.1. The topological polar surface area (TPSA) is 17.1 Å². The van der Waals surface area contributed by atoms with E-state index in [1.54, 1.807) is 0 Å². The third-order valence-corrected chi connectivity index (χ3v) is 10.4. The molecule has 0 heterocycles. The highest BCUT2D eigenvalue weighted by Crippen LogP contribution is 2.64. The number of ketones is 1. The van der Waals surface area contributed by atoms with Crippen LogP contribution in [0.3, 0.4) is 0 Å². The molecule has 0 atom stereocenters. The standard InChI is InChI=1S/C33H37F17O/c1-2-3-4-5-6-19-7-9-20(10-8-19)21-11-13-22(14-12-21)23-15-17-24(18-16-23)25(51)26(34,35)27(36,37)28(38,39)29(40,41)30(42,43)31(44,45)32(46,47)33(48,49)50/h15-22H,2-14H2,1H3. The highest BCUT2D eigenvalue weighted by molar-refractivity contribution is 6.02. The summed E-state index contributed by atoms with van der Waals surface area (Å²) in [6.45, 7) is 2.15. The first-order valence-electron chi connectivity index (χ1n) is 16.5. The van der Waals surface area contributed by atoms with Crippen LogP contribution in [-0.2, 0) is 0 Å². The number of alkyl halides is 17. The number of unbranched alkanes of at least 4 members (excludes halogenated alkanes) is 3. The fraction of sp³-hybridized carbons (Fsp3) is 0.788. The molecule has 1 aromatic carbocycles. The molecular formula is C33H37F17O. The minimum atomic E-state index is -8.74. The van der Waals surface area contributed by atoms with Gasteiger partial charge in [-0.05, 0) is 67.8 Å². The Bertz CT molecular complexity index is 1300. The number of rotatable bonds is 15. The van der Waals surface area contributed by atoms with Crippen molar-refractivity contribution in [3.05, 3.63) is 35.4 Å². The van der Waals surface area contributed by atoms with Crippen LogP contribution in [-0.4, -0.2) is 53.4 Å². The first-order chi connectivity index (χ1) is 23.1. The number of benzene rings is 1. The molecule has 2 fully saturated rings. The van der Waals surface area contributed by atoms with Crippen molar-refractivity contribution in [1.29, 1.82) is 0 Å². The molecular weight excluding hydrogens is 735 g/mol. The van der Waals surface area contributed by atoms with Crippen molar-refractivity contribution in [2.75, 3.05) is 0 Å². The zero-order valence-corrected chi connectivity index (χ0v) is 27.1. The van der Waals surface area contributed by atoms with Gasteiger partial charge in [0.05, 0.1) is 0 Å². The number of hydrogen-bond acceptors (Lipinski definition) is 1. The van der Waals surface area contributed by atoms with Gasteiger partial charge in [0.15, 0.2) is 0 Å². The van der Waals surface area contributed by atoms with E-state index in [1.165, 1.54) is 25.7 Å². The van der Waals surface area contributed by atoms with E-state index in [1.807, 2.05) is 0 Å². The molecule has 51 heavy (non-hydrogen) atoms. The van der Waals surface area contributed by atoms with Gasteiger partial charge in [-0.1, -0.05) is 76.1 Å². The van der Waals surface area contributed by atoms with Crippen molar-refractivity contribution in [2.24, 2.45) is 17.8 Å². The quantitative estimate of drug-likeness (QED) is 0.0986. The summed E-state index contributed by atoms with van der Waals surface area (Å²) < 4.78 is 231. The van der Waals surface area contributed by atoms with E-state index in [-0.39, 0.29) is 5.92 Å². The predicted molar refractivity (Wildman–Crippen MR) is 150 cm³/mol. The molecule has 0 aromatic heterocycles. The second-order valence-corrected chi connectivity index (χ2v) is 13.7. The molecule has 0 radical (unpaired) electrons. The van der Waals surface area contributed by atoms with Crippen molar-refractivity contribution >= 4 is 5.78 Å². The Balaban J connectivity index is 1.70. The fourth-order valence-electron chi connectivity index (χ4n) is 7.13. The van der Waals surface area contributed by atoms with Crippen LogP contribution in [0.25, 0.3) is 0 Å². The molecule has 2 aliphatic carbocycles. The summed E-state index contributed by atoms with van der Waals surface area (Å²) >= 11 is 0. The number of hydrogen-bond donors (Lipinski definition) is 0. The van der Waals surface area contributed by atoms with Gasteiger partial charge in [0.25, 0.3) is 0 Å².